The molecule has 1 atom stereocenters. The van der Waals surface area contributed by atoms with Gasteiger partial charge in [0.25, 0.3) is 5.91 Å². The Kier molecular flexibility index (Phi) is 6.67. The summed E-state index contributed by atoms with van der Waals surface area (Å²) in [4.78, 5) is 34.9. The van der Waals surface area contributed by atoms with Gasteiger partial charge in [0.1, 0.15) is 15.7 Å². The van der Waals surface area contributed by atoms with Gasteiger partial charge in [-0.25, -0.2) is 9.37 Å². The van der Waals surface area contributed by atoms with Gasteiger partial charge >= 0.3 is 0 Å². The lowest BCUT2D eigenvalue weighted by Gasteiger charge is -2.37. The second kappa shape index (κ2) is 9.44. The summed E-state index contributed by atoms with van der Waals surface area (Å²) in [7, 11) is 0. The first-order valence-corrected chi connectivity index (χ1v) is 11.6. The molecule has 0 radical (unpaired) electrons. The number of likely N-dealkylation sites (tertiary alicyclic amines) is 1. The predicted molar refractivity (Wildman–Crippen MR) is 117 cm³/mol. The molecule has 3 heterocycles. The van der Waals surface area contributed by atoms with Crippen LogP contribution in [0.4, 0.5) is 4.39 Å². The highest BCUT2D eigenvalue weighted by Crippen LogP contribution is 2.31. The molecule has 1 aromatic carbocycles. The summed E-state index contributed by atoms with van der Waals surface area (Å²) in [6.45, 7) is 7.71. The van der Waals surface area contributed by atoms with E-state index < -0.39 is 0 Å². The lowest BCUT2D eigenvalue weighted by Crippen LogP contribution is -2.47. The third-order valence-electron chi connectivity index (χ3n) is 6.33. The highest BCUT2D eigenvalue weighted by atomic mass is 32.1. The molecule has 2 saturated heterocycles. The van der Waals surface area contributed by atoms with E-state index in [2.05, 4.69) is 4.98 Å². The number of hydrogen-bond donors (Lipinski definition) is 0. The van der Waals surface area contributed by atoms with Crippen molar-refractivity contribution in [3.8, 4) is 10.6 Å². The lowest BCUT2D eigenvalue weighted by molar-refractivity contribution is -0.141. The predicted octanol–water partition coefficient (Wildman–Crippen LogP) is 3.60. The first-order chi connectivity index (χ1) is 14.9. The highest BCUT2D eigenvalue weighted by Gasteiger charge is 2.33. The molecule has 0 spiro atoms. The van der Waals surface area contributed by atoms with E-state index in [4.69, 9.17) is 4.74 Å². The number of carbonyl (C=O) groups is 2. The van der Waals surface area contributed by atoms with Crippen LogP contribution in [0.3, 0.4) is 0 Å². The molecule has 2 aliphatic rings. The zero-order valence-corrected chi connectivity index (χ0v) is 18.8. The van der Waals surface area contributed by atoms with Gasteiger partial charge in [-0.1, -0.05) is 6.92 Å². The van der Waals surface area contributed by atoms with Crippen LogP contribution in [0.2, 0.25) is 0 Å². The van der Waals surface area contributed by atoms with Crippen molar-refractivity contribution >= 4 is 23.2 Å². The molecule has 0 aliphatic carbocycles. The van der Waals surface area contributed by atoms with E-state index in [0.717, 1.165) is 23.4 Å². The minimum absolute atomic E-state index is 0.00558. The number of hydrogen-bond acceptors (Lipinski definition) is 5. The maximum Gasteiger partial charge on any atom is 0.265 e. The van der Waals surface area contributed by atoms with Crippen molar-refractivity contribution in [1.29, 1.82) is 0 Å². The second-order valence-corrected chi connectivity index (χ2v) is 9.30. The number of aryl methyl sites for hydroxylation is 1. The van der Waals surface area contributed by atoms with E-state index in [0.29, 0.717) is 50.0 Å². The molecule has 8 heteroatoms. The molecule has 31 heavy (non-hydrogen) atoms. The average Bonchev–Trinajstić information content (AvgIpc) is 3.20. The van der Waals surface area contributed by atoms with Crippen LogP contribution in [0.5, 0.6) is 0 Å². The van der Waals surface area contributed by atoms with E-state index in [9.17, 15) is 14.0 Å². The number of nitrogens with zero attached hydrogens (tertiary/aromatic N) is 3. The number of thiazole rings is 1. The fourth-order valence-electron chi connectivity index (χ4n) is 4.33. The Morgan fingerprint density at radius 3 is 2.39 bits per heavy atom. The standard InChI is InChI=1S/C23H28FN3O3S/c1-15(22(28)27-11-13-30-14-12-27)17-7-9-26(10-8-17)23(29)20-16(2)25-21(31-20)18-3-5-19(24)6-4-18/h3-6,15,17H,7-14H2,1-2H3. The molecule has 4 rings (SSSR count). The zero-order chi connectivity index (χ0) is 22.0. The van der Waals surface area contributed by atoms with Crippen molar-refractivity contribution in [2.75, 3.05) is 39.4 Å². The summed E-state index contributed by atoms with van der Waals surface area (Å²) in [5, 5.41) is 0.723. The Bertz CT molecular complexity index is 932. The van der Waals surface area contributed by atoms with E-state index in [1.807, 2.05) is 23.6 Å². The van der Waals surface area contributed by atoms with Crippen molar-refractivity contribution in [2.45, 2.75) is 26.7 Å². The van der Waals surface area contributed by atoms with Crippen molar-refractivity contribution in [2.24, 2.45) is 11.8 Å². The van der Waals surface area contributed by atoms with E-state index in [1.54, 1.807) is 12.1 Å². The first kappa shape index (κ1) is 21.9. The van der Waals surface area contributed by atoms with Crippen LogP contribution in [-0.4, -0.2) is 66.0 Å². The number of halogens is 1. The van der Waals surface area contributed by atoms with Gasteiger partial charge < -0.3 is 14.5 Å². The Labute approximate surface area is 186 Å². The van der Waals surface area contributed by atoms with Crippen LogP contribution in [0.1, 0.15) is 35.1 Å². The van der Waals surface area contributed by atoms with Crippen LogP contribution >= 0.6 is 11.3 Å². The maximum absolute atomic E-state index is 13.2. The number of ether oxygens (including phenoxy) is 1. The van der Waals surface area contributed by atoms with Crippen LogP contribution < -0.4 is 0 Å². The summed E-state index contributed by atoms with van der Waals surface area (Å²) in [6, 6.07) is 6.16. The Balaban J connectivity index is 1.37. The molecular weight excluding hydrogens is 417 g/mol. The van der Waals surface area contributed by atoms with Crippen LogP contribution in [-0.2, 0) is 9.53 Å². The SMILES string of the molecule is Cc1nc(-c2ccc(F)cc2)sc1C(=O)N1CCC(C(C)C(=O)N2CCOCC2)CC1. The zero-order valence-electron chi connectivity index (χ0n) is 18.0. The average molecular weight is 446 g/mol. The van der Waals surface area contributed by atoms with Gasteiger partial charge in [-0.3, -0.25) is 9.59 Å². The summed E-state index contributed by atoms with van der Waals surface area (Å²) in [6.07, 6.45) is 1.65. The third kappa shape index (κ3) is 4.80. The summed E-state index contributed by atoms with van der Waals surface area (Å²) in [5.74, 6) is 0.157. The summed E-state index contributed by atoms with van der Waals surface area (Å²) >= 11 is 1.35. The maximum atomic E-state index is 13.2. The molecule has 2 aromatic rings. The van der Waals surface area contributed by atoms with Gasteiger partial charge in [0.05, 0.1) is 18.9 Å². The van der Waals surface area contributed by atoms with Crippen LogP contribution in [0, 0.1) is 24.6 Å². The van der Waals surface area contributed by atoms with Crippen LogP contribution in [0.15, 0.2) is 24.3 Å². The van der Waals surface area contributed by atoms with Gasteiger partial charge in [0, 0.05) is 37.7 Å². The number of aromatic nitrogens is 1. The van der Waals surface area contributed by atoms with Crippen LogP contribution in [0.25, 0.3) is 10.6 Å². The molecule has 6 nitrogen and oxygen atoms in total. The molecular formula is C23H28FN3O3S. The number of benzene rings is 1. The van der Waals surface area contributed by atoms with Gasteiger partial charge in [0.2, 0.25) is 5.91 Å². The lowest BCUT2D eigenvalue weighted by atomic mass is 9.84. The first-order valence-electron chi connectivity index (χ1n) is 10.8. The van der Waals surface area contributed by atoms with Gasteiger partial charge in [-0.2, -0.15) is 0 Å². The minimum Gasteiger partial charge on any atom is -0.378 e. The second-order valence-electron chi connectivity index (χ2n) is 8.30. The highest BCUT2D eigenvalue weighted by molar-refractivity contribution is 7.17. The third-order valence-corrected chi connectivity index (χ3v) is 7.52. The summed E-state index contributed by atoms with van der Waals surface area (Å²) < 4.78 is 18.5. The Hall–Kier alpha value is -2.32. The minimum atomic E-state index is -0.294. The quantitative estimate of drug-likeness (QED) is 0.721. The summed E-state index contributed by atoms with van der Waals surface area (Å²) in [5.41, 5.74) is 1.51. The molecule has 1 aromatic heterocycles. The Morgan fingerprint density at radius 1 is 1.10 bits per heavy atom. The fraction of sp³-hybridized carbons (Fsp3) is 0.522. The van der Waals surface area contributed by atoms with Crippen molar-refractivity contribution in [3.05, 3.63) is 40.7 Å². The van der Waals surface area contributed by atoms with E-state index >= 15 is 0 Å². The molecule has 0 bridgehead atoms. The van der Waals surface area contributed by atoms with E-state index in [1.165, 1.54) is 23.5 Å². The van der Waals surface area contributed by atoms with Gasteiger partial charge in [0.15, 0.2) is 0 Å². The van der Waals surface area contributed by atoms with Crippen molar-refractivity contribution in [1.82, 2.24) is 14.8 Å². The largest absolute Gasteiger partial charge is 0.378 e. The molecule has 0 saturated carbocycles. The number of carbonyl (C=O) groups excluding carboxylic acids is 2. The van der Waals surface area contributed by atoms with Gasteiger partial charge in [-0.05, 0) is 49.9 Å². The van der Waals surface area contributed by atoms with Crippen molar-refractivity contribution in [3.63, 3.8) is 0 Å². The number of morpholine rings is 1. The number of piperidine rings is 1. The molecule has 2 aliphatic heterocycles. The molecule has 0 N–H and O–H groups in total. The number of amides is 2. The van der Waals surface area contributed by atoms with Gasteiger partial charge in [-0.15, -0.1) is 11.3 Å². The normalized spacial score (nSPS) is 18.8. The molecule has 166 valence electrons. The molecule has 2 fully saturated rings. The van der Waals surface area contributed by atoms with E-state index in [-0.39, 0.29) is 29.5 Å². The Morgan fingerprint density at radius 2 is 1.74 bits per heavy atom. The smallest absolute Gasteiger partial charge is 0.265 e. The van der Waals surface area contributed by atoms with Crippen molar-refractivity contribution < 1.29 is 18.7 Å². The topological polar surface area (TPSA) is 62.7 Å². The number of rotatable bonds is 4. The molecule has 2 amide bonds. The molecule has 1 unspecified atom stereocenters. The monoisotopic (exact) mass is 445 g/mol. The fourth-order valence-corrected chi connectivity index (χ4v) is 5.37.